The Balaban J connectivity index is 0.982. The fraction of sp³-hybridized carbons (Fsp3) is 0. The second kappa shape index (κ2) is 22.0. The van der Waals surface area contributed by atoms with Gasteiger partial charge in [0, 0.05) is 44.8 Å². The van der Waals surface area contributed by atoms with Crippen LogP contribution in [0.3, 0.4) is 0 Å². The quantitative estimate of drug-likeness (QED) is 0.0892. The molecule has 3 heterocycles. The van der Waals surface area contributed by atoms with E-state index in [1.165, 1.54) is 85.4 Å². The summed E-state index contributed by atoms with van der Waals surface area (Å²) in [5.41, 5.74) is 16.4. The van der Waals surface area contributed by atoms with E-state index in [1.807, 2.05) is 0 Å². The second-order valence-electron chi connectivity index (χ2n) is 23.8. The maximum Gasteiger partial charge on any atom is 0.252 e. The van der Waals surface area contributed by atoms with Crippen LogP contribution in [-0.4, -0.2) is 27.4 Å². The van der Waals surface area contributed by atoms with Gasteiger partial charge >= 0.3 is 0 Å². The standard InChI is InChI=1S/C84H60BN3Si2/c1-8-30-61(31-9-1)72-44-22-26-48-77(72)88-81-57-56-71(90(67-38-16-5-17-39-67,68-40-18-6-19-41-68)69-42-20-7-21-43-69)60-76(81)85-75-47-25-29-51-80(75)86(82-58-63(59-83(88)84(82)85)87-78-49-27-23-45-73(78)74-46-24-28-50-79(74)87)62-52-54-70(55-53-62)89(64-32-10-2-11-33-64,65-34-12-3-13-35-65)66-36-14-4-15-37-66/h1-60H. The molecule has 2 aliphatic rings. The Morgan fingerprint density at radius 2 is 0.600 bits per heavy atom. The van der Waals surface area contributed by atoms with Crippen LogP contribution < -0.4 is 67.7 Å². The summed E-state index contributed by atoms with van der Waals surface area (Å²) >= 11 is 0. The number of para-hydroxylation sites is 4. The lowest BCUT2D eigenvalue weighted by atomic mass is 9.33. The van der Waals surface area contributed by atoms with Gasteiger partial charge in [-0.2, -0.15) is 0 Å². The summed E-state index contributed by atoms with van der Waals surface area (Å²) in [7, 11) is -5.90. The van der Waals surface area contributed by atoms with E-state index in [1.54, 1.807) is 0 Å². The largest absolute Gasteiger partial charge is 0.311 e. The molecule has 6 heteroatoms. The van der Waals surface area contributed by atoms with Crippen LogP contribution in [0.4, 0.5) is 34.1 Å². The number of benzene rings is 14. The number of hydrogen-bond donors (Lipinski definition) is 0. The molecule has 0 saturated heterocycles. The van der Waals surface area contributed by atoms with Gasteiger partial charge in [0.25, 0.3) is 6.71 Å². The van der Waals surface area contributed by atoms with E-state index in [0.29, 0.717) is 0 Å². The molecular formula is C84H60BN3Si2. The third kappa shape index (κ3) is 8.26. The Kier molecular flexibility index (Phi) is 13.0. The van der Waals surface area contributed by atoms with Crippen LogP contribution >= 0.6 is 0 Å². The van der Waals surface area contributed by atoms with Gasteiger partial charge in [-0.15, -0.1) is 0 Å². The minimum absolute atomic E-state index is 0.160. The molecule has 17 rings (SSSR count). The lowest BCUT2D eigenvalue weighted by Gasteiger charge is -2.45. The van der Waals surface area contributed by atoms with Gasteiger partial charge in [-0.3, -0.25) is 0 Å². The zero-order valence-corrected chi connectivity index (χ0v) is 51.6. The van der Waals surface area contributed by atoms with Gasteiger partial charge in [0.2, 0.25) is 0 Å². The van der Waals surface area contributed by atoms with Crippen molar-refractivity contribution in [2.75, 3.05) is 9.80 Å². The van der Waals surface area contributed by atoms with E-state index in [9.17, 15) is 0 Å². The Morgan fingerprint density at radius 3 is 1.10 bits per heavy atom. The van der Waals surface area contributed by atoms with Crippen LogP contribution in [0.15, 0.2) is 364 Å². The van der Waals surface area contributed by atoms with Crippen molar-refractivity contribution in [3.63, 3.8) is 0 Å². The highest BCUT2D eigenvalue weighted by Crippen LogP contribution is 2.48. The van der Waals surface area contributed by atoms with Crippen molar-refractivity contribution in [2.45, 2.75) is 0 Å². The summed E-state index contributed by atoms with van der Waals surface area (Å²) in [6.07, 6.45) is 0. The Bertz CT molecular complexity index is 4880. The number of rotatable bonds is 12. The molecule has 0 radical (unpaired) electrons. The molecule has 0 atom stereocenters. The zero-order chi connectivity index (χ0) is 59.6. The molecule has 0 N–H and O–H groups in total. The van der Waals surface area contributed by atoms with Crippen molar-refractivity contribution >= 4 is 137 Å². The van der Waals surface area contributed by atoms with E-state index in [-0.39, 0.29) is 6.71 Å². The molecule has 0 aliphatic carbocycles. The first-order valence-corrected chi connectivity index (χ1v) is 35.3. The second-order valence-corrected chi connectivity index (χ2v) is 31.4. The predicted molar refractivity (Wildman–Crippen MR) is 387 cm³/mol. The van der Waals surface area contributed by atoms with Crippen molar-refractivity contribution in [1.82, 2.24) is 4.57 Å². The first kappa shape index (κ1) is 53.2. The summed E-state index contributed by atoms with van der Waals surface area (Å²) in [5.74, 6) is 0. The van der Waals surface area contributed by atoms with Crippen LogP contribution in [0.25, 0.3) is 38.6 Å². The molecule has 3 nitrogen and oxygen atoms in total. The molecule has 0 fully saturated rings. The zero-order valence-electron chi connectivity index (χ0n) is 49.6. The molecule has 0 saturated carbocycles. The minimum atomic E-state index is -3.03. The Morgan fingerprint density at radius 1 is 0.233 bits per heavy atom. The molecule has 15 aromatic rings. The normalized spacial score (nSPS) is 12.6. The lowest BCUT2D eigenvalue weighted by Crippen LogP contribution is -2.75. The molecule has 90 heavy (non-hydrogen) atoms. The van der Waals surface area contributed by atoms with Crippen molar-refractivity contribution in [1.29, 1.82) is 0 Å². The molecule has 0 amide bonds. The monoisotopic (exact) mass is 1180 g/mol. The summed E-state index contributed by atoms with van der Waals surface area (Å²) in [6.45, 7) is -0.160. The van der Waals surface area contributed by atoms with Gasteiger partial charge in [0.1, 0.15) is 0 Å². The summed E-state index contributed by atoms with van der Waals surface area (Å²) < 4.78 is 2.51. The fourth-order valence-corrected chi connectivity index (χ4v) is 25.1. The Labute approximate surface area is 528 Å². The summed E-state index contributed by atoms with van der Waals surface area (Å²) in [4.78, 5) is 5.22. The van der Waals surface area contributed by atoms with Gasteiger partial charge in [0.05, 0.1) is 22.4 Å². The third-order valence-electron chi connectivity index (χ3n) is 19.3. The molecule has 422 valence electrons. The Hall–Kier alpha value is -11.0. The van der Waals surface area contributed by atoms with Crippen molar-refractivity contribution < 1.29 is 0 Å². The van der Waals surface area contributed by atoms with Crippen LogP contribution in [0.2, 0.25) is 0 Å². The topological polar surface area (TPSA) is 11.4 Å². The highest BCUT2D eigenvalue weighted by atomic mass is 28.3. The SMILES string of the molecule is c1ccc(-c2ccccc2N2c3ccc([Si](c4ccccc4)(c4ccccc4)c4ccccc4)cc3B3c4ccccc4N(c4ccc([Si](c5ccccc5)(c5ccccc5)c5ccccc5)cc4)c4cc(-n5c6ccccc6c6ccccc65)cc2c43)cc1. The minimum Gasteiger partial charge on any atom is -0.311 e. The van der Waals surface area contributed by atoms with E-state index in [2.05, 4.69) is 378 Å². The average molecular weight is 1180 g/mol. The molecule has 0 bridgehead atoms. The summed E-state index contributed by atoms with van der Waals surface area (Å²) in [5, 5.41) is 13.2. The van der Waals surface area contributed by atoms with Crippen molar-refractivity contribution in [3.8, 4) is 16.8 Å². The highest BCUT2D eigenvalue weighted by molar-refractivity contribution is 7.20. The molecule has 1 aromatic heterocycles. The molecular weight excluding hydrogens is 1120 g/mol. The smallest absolute Gasteiger partial charge is 0.252 e. The van der Waals surface area contributed by atoms with Crippen LogP contribution in [0, 0.1) is 0 Å². The predicted octanol–water partition coefficient (Wildman–Crippen LogP) is 13.3. The first-order chi connectivity index (χ1) is 44.7. The molecule has 14 aromatic carbocycles. The number of hydrogen-bond acceptors (Lipinski definition) is 2. The van der Waals surface area contributed by atoms with Crippen molar-refractivity contribution in [2.24, 2.45) is 0 Å². The van der Waals surface area contributed by atoms with Crippen LogP contribution in [-0.2, 0) is 0 Å². The van der Waals surface area contributed by atoms with Crippen LogP contribution in [0.5, 0.6) is 0 Å². The first-order valence-electron chi connectivity index (χ1n) is 31.3. The maximum atomic E-state index is 2.65. The van der Waals surface area contributed by atoms with E-state index < -0.39 is 16.1 Å². The third-order valence-corrected chi connectivity index (χ3v) is 28.8. The average Bonchev–Trinajstić information content (AvgIpc) is 0.762. The van der Waals surface area contributed by atoms with Crippen molar-refractivity contribution in [3.05, 3.63) is 364 Å². The van der Waals surface area contributed by atoms with E-state index in [4.69, 9.17) is 0 Å². The van der Waals surface area contributed by atoms with Gasteiger partial charge < -0.3 is 14.4 Å². The number of nitrogens with zero attached hydrogens (tertiary/aromatic N) is 3. The molecule has 0 spiro atoms. The number of aromatic nitrogens is 1. The van der Waals surface area contributed by atoms with E-state index >= 15 is 0 Å². The molecule has 0 unspecified atom stereocenters. The summed E-state index contributed by atoms with van der Waals surface area (Å²) in [6, 6.07) is 137. The maximum absolute atomic E-state index is 3.03. The van der Waals surface area contributed by atoms with Gasteiger partial charge in [-0.25, -0.2) is 0 Å². The number of fused-ring (bicyclic) bond motifs is 7. The van der Waals surface area contributed by atoms with E-state index in [0.717, 1.165) is 45.3 Å². The highest BCUT2D eigenvalue weighted by Gasteiger charge is 2.48. The lowest BCUT2D eigenvalue weighted by molar-refractivity contribution is 1.16. The van der Waals surface area contributed by atoms with Gasteiger partial charge in [-0.05, 0) is 118 Å². The van der Waals surface area contributed by atoms with Crippen LogP contribution in [0.1, 0.15) is 0 Å². The molecule has 2 aliphatic heterocycles. The van der Waals surface area contributed by atoms with Gasteiger partial charge in [-0.1, -0.05) is 309 Å². The number of anilines is 6. The fourth-order valence-electron chi connectivity index (χ4n) is 15.6. The van der Waals surface area contributed by atoms with Gasteiger partial charge in [0.15, 0.2) is 16.1 Å².